The number of halogens is 3. The molecule has 4 aromatic carbocycles. The second kappa shape index (κ2) is 14.2. The highest BCUT2D eigenvalue weighted by Gasteiger charge is 2.33. The van der Waals surface area contributed by atoms with Gasteiger partial charge in [0.25, 0.3) is 0 Å². The van der Waals surface area contributed by atoms with Crippen molar-refractivity contribution in [1.82, 2.24) is 9.80 Å². The molecule has 2 heterocycles. The first-order valence-electron chi connectivity index (χ1n) is 15.8. The van der Waals surface area contributed by atoms with Crippen molar-refractivity contribution >= 4 is 56.9 Å². The van der Waals surface area contributed by atoms with Crippen molar-refractivity contribution < 1.29 is 17.9 Å². The zero-order valence-corrected chi connectivity index (χ0v) is 27.6. The molecule has 0 spiro atoms. The Balaban J connectivity index is 0.951. The number of piperazine rings is 1. The minimum atomic E-state index is -4.37. The number of nitrogen functional groups attached to an aromatic ring is 1. The zero-order valence-electron chi connectivity index (χ0n) is 25.9. The Bertz CT molecular complexity index is 1690. The van der Waals surface area contributed by atoms with Crippen molar-refractivity contribution in [3.63, 3.8) is 0 Å². The maximum Gasteiger partial charge on any atom is 0.416 e. The summed E-state index contributed by atoms with van der Waals surface area (Å²) < 4.78 is 46.7. The lowest BCUT2D eigenvalue weighted by Crippen LogP contribution is -2.47. The molecule has 6 rings (SSSR count). The summed E-state index contributed by atoms with van der Waals surface area (Å²) in [5.74, 6) is 0.108. The molecule has 10 heteroatoms. The molecule has 1 fully saturated rings. The van der Waals surface area contributed by atoms with Crippen molar-refractivity contribution in [2.75, 3.05) is 63.1 Å². The van der Waals surface area contributed by atoms with Crippen LogP contribution in [0.5, 0.6) is 0 Å². The van der Waals surface area contributed by atoms with Gasteiger partial charge in [-0.15, -0.1) is 0 Å². The lowest BCUT2D eigenvalue weighted by atomic mass is 9.95. The Labute approximate surface area is 278 Å². The smallest absolute Gasteiger partial charge is 0.416 e. The molecule has 46 heavy (non-hydrogen) atoms. The third-order valence-electron chi connectivity index (χ3n) is 8.90. The third-order valence-corrected chi connectivity index (χ3v) is 10.6. The number of nitrogens with two attached hydrogens (primary N) is 1. The number of thiocarbonyl (C=S) groups is 1. The number of alkyl halides is 3. The number of nitrogens with zero attached hydrogens (tertiary/aromatic N) is 3. The van der Waals surface area contributed by atoms with Gasteiger partial charge in [-0.2, -0.15) is 13.2 Å². The number of anilines is 3. The lowest BCUT2D eigenvalue weighted by molar-refractivity contribution is -0.137. The SMILES string of the molecule is CC(Cc1cccc2c(N)cccc12)C(=S)OCCN1CCN(CCCN2c3ccccc3Sc3ccc(C(F)(F)F)cc32)CC1. The molecule has 5 nitrogen and oxygen atoms in total. The van der Waals surface area contributed by atoms with Crippen LogP contribution in [0.25, 0.3) is 10.8 Å². The molecule has 4 aromatic rings. The predicted molar refractivity (Wildman–Crippen MR) is 186 cm³/mol. The summed E-state index contributed by atoms with van der Waals surface area (Å²) in [6.07, 6.45) is -2.72. The third kappa shape index (κ3) is 7.46. The monoisotopic (exact) mass is 664 g/mol. The van der Waals surface area contributed by atoms with Gasteiger partial charge in [-0.25, -0.2) is 0 Å². The van der Waals surface area contributed by atoms with E-state index in [2.05, 4.69) is 39.8 Å². The molecule has 2 N–H and O–H groups in total. The molecule has 0 radical (unpaired) electrons. The number of hydrogen-bond acceptors (Lipinski definition) is 7. The van der Waals surface area contributed by atoms with Crippen molar-refractivity contribution in [3.8, 4) is 0 Å². The van der Waals surface area contributed by atoms with Crippen LogP contribution in [-0.4, -0.2) is 67.3 Å². The zero-order chi connectivity index (χ0) is 32.3. The van der Waals surface area contributed by atoms with Gasteiger partial charge in [-0.3, -0.25) is 4.90 Å². The quantitative estimate of drug-likeness (QED) is 0.135. The fourth-order valence-electron chi connectivity index (χ4n) is 6.34. The van der Waals surface area contributed by atoms with Crippen LogP contribution in [0, 0.1) is 5.92 Å². The fourth-order valence-corrected chi connectivity index (χ4v) is 7.59. The standard InChI is InChI=1S/C36H39F3N4OS2/c1-25(23-26-7-4-9-29-28(26)8-5-10-30(29)40)35(45)44-22-21-42-19-17-41(18-20-42)15-6-16-43-31-11-2-3-12-33(31)46-34-14-13-27(24-32(34)43)36(37,38)39/h2-5,7-14,24-25H,6,15-23,40H2,1H3. The van der Waals surface area contributed by atoms with Crippen LogP contribution in [0.1, 0.15) is 24.5 Å². The van der Waals surface area contributed by atoms with Crippen LogP contribution in [0.2, 0.25) is 0 Å². The van der Waals surface area contributed by atoms with Gasteiger partial charge in [0.2, 0.25) is 0 Å². The van der Waals surface area contributed by atoms with Crippen LogP contribution >= 0.6 is 24.0 Å². The molecule has 0 saturated carbocycles. The second-order valence-corrected chi connectivity index (χ2v) is 13.6. The maximum absolute atomic E-state index is 13.5. The first-order chi connectivity index (χ1) is 22.2. The number of ether oxygens (including phenoxy) is 1. The van der Waals surface area contributed by atoms with E-state index >= 15 is 0 Å². The highest BCUT2D eigenvalue weighted by molar-refractivity contribution is 7.99. The van der Waals surface area contributed by atoms with Crippen LogP contribution < -0.4 is 10.6 Å². The fraction of sp³-hybridized carbons (Fsp3) is 0.361. The molecule has 2 aliphatic rings. The number of fused-ring (bicyclic) bond motifs is 3. The summed E-state index contributed by atoms with van der Waals surface area (Å²) in [6.45, 7) is 8.85. The summed E-state index contributed by atoms with van der Waals surface area (Å²) in [5.41, 5.74) is 9.17. The van der Waals surface area contributed by atoms with Gasteiger partial charge >= 0.3 is 6.18 Å². The highest BCUT2D eigenvalue weighted by atomic mass is 32.2. The van der Waals surface area contributed by atoms with Crippen LogP contribution in [-0.2, 0) is 17.3 Å². The summed E-state index contributed by atoms with van der Waals surface area (Å²) in [6, 6.07) is 24.3. The molecular weight excluding hydrogens is 626 g/mol. The number of rotatable bonds is 10. The van der Waals surface area contributed by atoms with Crippen molar-refractivity contribution in [1.29, 1.82) is 0 Å². The van der Waals surface area contributed by atoms with Gasteiger partial charge in [0.05, 0.1) is 16.9 Å². The number of para-hydroxylation sites is 1. The van der Waals surface area contributed by atoms with Crippen LogP contribution in [0.15, 0.2) is 88.7 Å². The van der Waals surface area contributed by atoms with Gasteiger partial charge < -0.3 is 20.3 Å². The Kier molecular flexibility index (Phi) is 10.1. The largest absolute Gasteiger partial charge is 0.485 e. The molecule has 0 bridgehead atoms. The molecule has 0 aromatic heterocycles. The van der Waals surface area contributed by atoms with E-state index in [0.29, 0.717) is 23.9 Å². The molecule has 1 unspecified atom stereocenters. The first-order valence-corrected chi connectivity index (χ1v) is 17.0. The van der Waals surface area contributed by atoms with Crippen LogP contribution in [0.4, 0.5) is 30.2 Å². The first kappa shape index (κ1) is 32.6. The highest BCUT2D eigenvalue weighted by Crippen LogP contribution is 2.49. The van der Waals surface area contributed by atoms with Gasteiger partial charge in [-0.1, -0.05) is 61.2 Å². The van der Waals surface area contributed by atoms with Crippen molar-refractivity contribution in [2.45, 2.75) is 35.7 Å². The van der Waals surface area contributed by atoms with Crippen LogP contribution in [0.3, 0.4) is 0 Å². The molecule has 0 aliphatic carbocycles. The Hall–Kier alpha value is -3.31. The molecule has 0 amide bonds. The summed E-state index contributed by atoms with van der Waals surface area (Å²) in [4.78, 5) is 8.83. The molecule has 1 atom stereocenters. The second-order valence-electron chi connectivity index (χ2n) is 12.1. The van der Waals surface area contributed by atoms with Gasteiger partial charge in [0, 0.05) is 66.1 Å². The number of benzene rings is 4. The van der Waals surface area contributed by atoms with Gasteiger partial charge in [-0.05, 0) is 79.0 Å². The van der Waals surface area contributed by atoms with E-state index in [4.69, 9.17) is 22.7 Å². The minimum absolute atomic E-state index is 0.108. The Morgan fingerprint density at radius 1 is 0.848 bits per heavy atom. The Morgan fingerprint density at radius 3 is 2.33 bits per heavy atom. The average molecular weight is 665 g/mol. The van der Waals surface area contributed by atoms with Gasteiger partial charge in [0.1, 0.15) is 6.61 Å². The molecule has 2 aliphatic heterocycles. The Morgan fingerprint density at radius 2 is 1.54 bits per heavy atom. The molecule has 1 saturated heterocycles. The summed E-state index contributed by atoms with van der Waals surface area (Å²) >= 11 is 7.18. The van der Waals surface area contributed by atoms with Crippen molar-refractivity contribution in [3.05, 3.63) is 90.0 Å². The van der Waals surface area contributed by atoms with E-state index in [0.717, 1.165) is 84.0 Å². The predicted octanol–water partition coefficient (Wildman–Crippen LogP) is 8.27. The van der Waals surface area contributed by atoms with E-state index in [9.17, 15) is 13.2 Å². The normalized spacial score (nSPS) is 16.2. The summed E-state index contributed by atoms with van der Waals surface area (Å²) in [5, 5.41) is 2.87. The van der Waals surface area contributed by atoms with E-state index in [1.807, 2.05) is 42.5 Å². The van der Waals surface area contributed by atoms with E-state index in [1.165, 1.54) is 29.5 Å². The average Bonchev–Trinajstić information content (AvgIpc) is 3.05. The van der Waals surface area contributed by atoms with Crippen molar-refractivity contribution in [2.24, 2.45) is 5.92 Å². The lowest BCUT2D eigenvalue weighted by Gasteiger charge is -2.36. The molecular formula is C36H39F3N4OS2. The van der Waals surface area contributed by atoms with E-state index < -0.39 is 11.7 Å². The minimum Gasteiger partial charge on any atom is -0.485 e. The molecule has 242 valence electrons. The topological polar surface area (TPSA) is 45.0 Å². The maximum atomic E-state index is 13.5. The number of hydrogen-bond donors (Lipinski definition) is 1. The van der Waals surface area contributed by atoms with Gasteiger partial charge in [0.15, 0.2) is 5.05 Å². The van der Waals surface area contributed by atoms with E-state index in [-0.39, 0.29) is 5.92 Å². The van der Waals surface area contributed by atoms with E-state index in [1.54, 1.807) is 6.07 Å². The summed E-state index contributed by atoms with van der Waals surface area (Å²) in [7, 11) is 0.